The molecule has 2 heterocycles. The molecular weight excluding hydrogens is 327 g/mol. The highest BCUT2D eigenvalue weighted by atomic mass is 19.1. The Kier molecular flexibility index (Phi) is 4.54. The van der Waals surface area contributed by atoms with Gasteiger partial charge < -0.3 is 19.9 Å². The first kappa shape index (κ1) is 17.1. The van der Waals surface area contributed by atoms with E-state index in [0.29, 0.717) is 24.6 Å². The number of amides is 1. The van der Waals surface area contributed by atoms with Crippen LogP contribution in [0, 0.1) is 5.82 Å². The summed E-state index contributed by atoms with van der Waals surface area (Å²) >= 11 is 0. The molecule has 0 fully saturated rings. The number of ether oxygens (including phenoxy) is 1. The summed E-state index contributed by atoms with van der Waals surface area (Å²) in [5.41, 5.74) is 6.62. The monoisotopic (exact) mass is 346 g/mol. The van der Waals surface area contributed by atoms with Gasteiger partial charge in [-0.1, -0.05) is 0 Å². The number of aromatic nitrogens is 2. The largest absolute Gasteiger partial charge is 0.465 e. The van der Waals surface area contributed by atoms with E-state index in [0.717, 1.165) is 19.0 Å². The fourth-order valence-electron chi connectivity index (χ4n) is 3.07. The van der Waals surface area contributed by atoms with Gasteiger partial charge in [0, 0.05) is 13.1 Å². The maximum absolute atomic E-state index is 14.6. The molecule has 2 aromatic rings. The lowest BCUT2D eigenvalue weighted by Gasteiger charge is -2.12. The number of hydrogen-bond donors (Lipinski definition) is 1. The number of rotatable bonds is 3. The summed E-state index contributed by atoms with van der Waals surface area (Å²) in [6.45, 7) is 1.96. The van der Waals surface area contributed by atoms with Crippen molar-refractivity contribution < 1.29 is 18.7 Å². The Balaban J connectivity index is 2.13. The molecule has 132 valence electrons. The van der Waals surface area contributed by atoms with Crippen molar-refractivity contribution in [3.63, 3.8) is 0 Å². The Morgan fingerprint density at radius 3 is 2.72 bits per heavy atom. The molecule has 1 aromatic heterocycles. The maximum Gasteiger partial charge on any atom is 0.337 e. The first-order valence-electron chi connectivity index (χ1n) is 7.88. The molecule has 0 bridgehead atoms. The lowest BCUT2D eigenvalue weighted by atomic mass is 10.1. The number of imidazole rings is 1. The standard InChI is InChI=1S/C17H19FN4O3/c1-21-6-3-7-22-13(9-21)14(15(19)23)20-16(22)11-5-4-10(8-12(11)18)17(24)25-2/h4-5,8H,3,6-7,9H2,1-2H3,(H2,19,23). The molecule has 1 aliphatic rings. The molecule has 3 rings (SSSR count). The van der Waals surface area contributed by atoms with Crippen LogP contribution in [-0.2, 0) is 17.8 Å². The van der Waals surface area contributed by atoms with E-state index in [1.54, 1.807) is 0 Å². The van der Waals surface area contributed by atoms with E-state index in [1.165, 1.54) is 19.2 Å². The number of methoxy groups -OCH3 is 1. The Hall–Kier alpha value is -2.74. The maximum atomic E-state index is 14.6. The highest BCUT2D eigenvalue weighted by Gasteiger charge is 2.26. The molecule has 1 aromatic carbocycles. The quantitative estimate of drug-likeness (QED) is 0.849. The predicted molar refractivity (Wildman–Crippen MR) is 88.4 cm³/mol. The Morgan fingerprint density at radius 2 is 2.08 bits per heavy atom. The van der Waals surface area contributed by atoms with Crippen LogP contribution in [0.1, 0.15) is 33.0 Å². The van der Waals surface area contributed by atoms with Gasteiger partial charge in [0.05, 0.1) is 23.9 Å². The number of hydrogen-bond acceptors (Lipinski definition) is 5. The molecule has 0 saturated heterocycles. The van der Waals surface area contributed by atoms with Crippen molar-refractivity contribution in [2.45, 2.75) is 19.5 Å². The summed E-state index contributed by atoms with van der Waals surface area (Å²) in [4.78, 5) is 29.7. The molecule has 0 saturated carbocycles. The fourth-order valence-corrected chi connectivity index (χ4v) is 3.07. The van der Waals surface area contributed by atoms with Gasteiger partial charge in [0.2, 0.25) is 0 Å². The number of esters is 1. The molecule has 25 heavy (non-hydrogen) atoms. The summed E-state index contributed by atoms with van der Waals surface area (Å²) in [6, 6.07) is 4.05. The number of carbonyl (C=O) groups is 2. The lowest BCUT2D eigenvalue weighted by Crippen LogP contribution is -2.21. The Bertz CT molecular complexity index is 847. The van der Waals surface area contributed by atoms with Gasteiger partial charge in [-0.15, -0.1) is 0 Å². The first-order chi connectivity index (χ1) is 11.9. The van der Waals surface area contributed by atoms with Crippen molar-refractivity contribution >= 4 is 11.9 Å². The second-order valence-corrected chi connectivity index (χ2v) is 6.02. The Morgan fingerprint density at radius 1 is 1.32 bits per heavy atom. The second kappa shape index (κ2) is 6.64. The van der Waals surface area contributed by atoms with Crippen LogP contribution < -0.4 is 5.73 Å². The number of carbonyl (C=O) groups excluding carboxylic acids is 2. The van der Waals surface area contributed by atoms with Crippen LogP contribution in [0.15, 0.2) is 18.2 Å². The smallest absolute Gasteiger partial charge is 0.337 e. The van der Waals surface area contributed by atoms with Crippen LogP contribution >= 0.6 is 0 Å². The minimum atomic E-state index is -0.642. The van der Waals surface area contributed by atoms with Crippen molar-refractivity contribution in [2.24, 2.45) is 5.73 Å². The summed E-state index contributed by atoms with van der Waals surface area (Å²) in [6.07, 6.45) is 0.840. The number of fused-ring (bicyclic) bond motifs is 1. The topological polar surface area (TPSA) is 90.5 Å². The van der Waals surface area contributed by atoms with E-state index in [9.17, 15) is 14.0 Å². The van der Waals surface area contributed by atoms with Crippen molar-refractivity contribution in [1.82, 2.24) is 14.5 Å². The zero-order valence-corrected chi connectivity index (χ0v) is 14.1. The van der Waals surface area contributed by atoms with Gasteiger partial charge in [-0.3, -0.25) is 4.79 Å². The minimum absolute atomic E-state index is 0.112. The van der Waals surface area contributed by atoms with E-state index < -0.39 is 17.7 Å². The third kappa shape index (κ3) is 3.12. The van der Waals surface area contributed by atoms with E-state index in [-0.39, 0.29) is 16.8 Å². The van der Waals surface area contributed by atoms with Crippen LogP contribution in [0.3, 0.4) is 0 Å². The average molecular weight is 346 g/mol. The number of primary amides is 1. The van der Waals surface area contributed by atoms with E-state index >= 15 is 0 Å². The minimum Gasteiger partial charge on any atom is -0.465 e. The highest BCUT2D eigenvalue weighted by Crippen LogP contribution is 2.28. The van der Waals surface area contributed by atoms with Gasteiger partial charge in [-0.05, 0) is 38.2 Å². The summed E-state index contributed by atoms with van der Waals surface area (Å²) in [7, 11) is 3.18. The SMILES string of the molecule is COC(=O)c1ccc(-c2nc(C(N)=O)c3n2CCCN(C)C3)c(F)c1. The summed E-state index contributed by atoms with van der Waals surface area (Å²) in [5.74, 6) is -1.53. The van der Waals surface area contributed by atoms with Crippen LogP contribution in [0.2, 0.25) is 0 Å². The molecule has 0 spiro atoms. The number of halogens is 1. The van der Waals surface area contributed by atoms with E-state index in [4.69, 9.17) is 5.73 Å². The van der Waals surface area contributed by atoms with Crippen LogP contribution in [0.25, 0.3) is 11.4 Å². The lowest BCUT2D eigenvalue weighted by molar-refractivity contribution is 0.0600. The molecule has 0 aliphatic carbocycles. The fraction of sp³-hybridized carbons (Fsp3) is 0.353. The van der Waals surface area contributed by atoms with Crippen LogP contribution in [0.5, 0.6) is 0 Å². The summed E-state index contributed by atoms with van der Waals surface area (Å²) in [5, 5.41) is 0. The molecule has 0 unspecified atom stereocenters. The molecule has 8 heteroatoms. The zero-order chi connectivity index (χ0) is 18.1. The first-order valence-corrected chi connectivity index (χ1v) is 7.88. The molecule has 0 atom stereocenters. The molecular formula is C17H19FN4O3. The third-order valence-electron chi connectivity index (χ3n) is 4.28. The average Bonchev–Trinajstić information content (AvgIpc) is 2.81. The molecule has 1 aliphatic heterocycles. The molecule has 0 radical (unpaired) electrons. The van der Waals surface area contributed by atoms with Gasteiger partial charge in [-0.2, -0.15) is 0 Å². The van der Waals surface area contributed by atoms with Crippen molar-refractivity contribution in [2.75, 3.05) is 20.7 Å². The van der Waals surface area contributed by atoms with E-state index in [2.05, 4.69) is 14.6 Å². The van der Waals surface area contributed by atoms with Gasteiger partial charge in [0.1, 0.15) is 11.6 Å². The van der Waals surface area contributed by atoms with Gasteiger partial charge in [0.25, 0.3) is 5.91 Å². The molecule has 1 amide bonds. The van der Waals surface area contributed by atoms with Gasteiger partial charge in [-0.25, -0.2) is 14.2 Å². The van der Waals surface area contributed by atoms with Crippen LogP contribution in [0.4, 0.5) is 4.39 Å². The third-order valence-corrected chi connectivity index (χ3v) is 4.28. The number of nitrogens with two attached hydrogens (primary N) is 1. The zero-order valence-electron chi connectivity index (χ0n) is 14.1. The normalized spacial score (nSPS) is 14.7. The predicted octanol–water partition coefficient (Wildman–Crippen LogP) is 1.41. The number of benzene rings is 1. The second-order valence-electron chi connectivity index (χ2n) is 6.02. The number of nitrogens with zero attached hydrogens (tertiary/aromatic N) is 3. The van der Waals surface area contributed by atoms with Crippen molar-refractivity contribution in [1.29, 1.82) is 0 Å². The highest BCUT2D eigenvalue weighted by molar-refractivity contribution is 5.93. The van der Waals surface area contributed by atoms with Gasteiger partial charge >= 0.3 is 5.97 Å². The van der Waals surface area contributed by atoms with E-state index in [1.807, 2.05) is 11.6 Å². The molecule has 7 nitrogen and oxygen atoms in total. The van der Waals surface area contributed by atoms with Crippen molar-refractivity contribution in [3.05, 3.63) is 41.0 Å². The summed E-state index contributed by atoms with van der Waals surface area (Å²) < 4.78 is 21.0. The molecule has 2 N–H and O–H groups in total. The van der Waals surface area contributed by atoms with Crippen LogP contribution in [-0.4, -0.2) is 47.0 Å². The van der Waals surface area contributed by atoms with Crippen molar-refractivity contribution in [3.8, 4) is 11.4 Å². The van der Waals surface area contributed by atoms with Gasteiger partial charge in [0.15, 0.2) is 5.69 Å². The Labute approximate surface area is 144 Å².